The Kier molecular flexibility index (Phi) is 24.7. The molecular formula is C126H88Br5N15. The number of halogens is 5. The molecule has 18 aromatic carbocycles. The van der Waals surface area contributed by atoms with Gasteiger partial charge in [-0.2, -0.15) is 0 Å². The maximum Gasteiger partial charge on any atom is 0.169 e. The van der Waals surface area contributed by atoms with Crippen molar-refractivity contribution in [3.05, 3.63) is 458 Å². The molecule has 28 aromatic rings. The van der Waals surface area contributed by atoms with Gasteiger partial charge in [0.05, 0.1) is 27.6 Å². The summed E-state index contributed by atoms with van der Waals surface area (Å²) in [6.45, 7) is 11.3. The van der Waals surface area contributed by atoms with Gasteiger partial charge in [0.2, 0.25) is 0 Å². The summed E-state index contributed by atoms with van der Waals surface area (Å²) in [5.74, 6) is 4.90. The van der Waals surface area contributed by atoms with E-state index < -0.39 is 0 Å². The molecule has 0 aliphatic rings. The van der Waals surface area contributed by atoms with E-state index in [2.05, 4.69) is 533 Å². The SMILES string of the molecule is Brc1ccc(-c2nnc3c4cc(-c5ccccc5)ccc4c4ccccc4n23)cc1.Brc1ccc(-c2nnc3c4cccc(-c5ccccc5)c4c4ccccc4n23)cc1.Brc1ccc(-c2nnc3c4ccccc4c4cc(-c5ccccc5)ccc4n23)cc1.CC(C)(C)c1ccc2c(c1)c1ccccc1c1nnc(-c3ccc(Br)cc3)n21.CC(C)Cc1ccc2c(c1)c1ccccc1c1nnc(-c3ccc(Br)cc3)n21. The fourth-order valence-corrected chi connectivity index (χ4v) is 21.6. The van der Waals surface area contributed by atoms with Gasteiger partial charge in [-0.25, -0.2) is 0 Å². The van der Waals surface area contributed by atoms with Crippen molar-refractivity contribution in [2.75, 3.05) is 0 Å². The molecular weight excluding hydrogens is 2120 g/mol. The van der Waals surface area contributed by atoms with E-state index in [0.29, 0.717) is 5.92 Å². The lowest BCUT2D eigenvalue weighted by Gasteiger charge is -2.20. The topological polar surface area (TPSA) is 151 Å². The van der Waals surface area contributed by atoms with Crippen LogP contribution in [0.4, 0.5) is 0 Å². The zero-order valence-electron chi connectivity index (χ0n) is 79.8. The molecule has 0 atom stereocenters. The fraction of sp³-hybridized carbons (Fsp3) is 0.0635. The van der Waals surface area contributed by atoms with Crippen molar-refractivity contribution >= 4 is 216 Å². The molecule has 0 fully saturated rings. The van der Waals surface area contributed by atoms with E-state index in [9.17, 15) is 0 Å². The first-order chi connectivity index (χ1) is 71.4. The molecule has 0 radical (unpaired) electrons. The van der Waals surface area contributed by atoms with Crippen LogP contribution in [0.5, 0.6) is 0 Å². The number of fused-ring (bicyclic) bond motifs is 30. The molecule has 702 valence electrons. The highest BCUT2D eigenvalue weighted by molar-refractivity contribution is 9.11. The number of nitrogens with zero attached hydrogens (tertiary/aromatic N) is 15. The average Bonchev–Trinajstić information content (AvgIpc) is 1.49. The second-order valence-electron chi connectivity index (χ2n) is 37.9. The van der Waals surface area contributed by atoms with Crippen molar-refractivity contribution in [2.45, 2.75) is 46.5 Å². The fourth-order valence-electron chi connectivity index (χ4n) is 20.3. The van der Waals surface area contributed by atoms with Gasteiger partial charge in [0.15, 0.2) is 57.4 Å². The summed E-state index contributed by atoms with van der Waals surface area (Å²) in [7, 11) is 0. The van der Waals surface area contributed by atoms with E-state index in [1.807, 2.05) is 78.9 Å². The molecule has 10 aromatic heterocycles. The van der Waals surface area contributed by atoms with Gasteiger partial charge in [0.1, 0.15) is 0 Å². The molecule has 0 aliphatic heterocycles. The van der Waals surface area contributed by atoms with Crippen molar-refractivity contribution in [1.82, 2.24) is 73.0 Å². The highest BCUT2D eigenvalue weighted by Gasteiger charge is 2.26. The van der Waals surface area contributed by atoms with Gasteiger partial charge >= 0.3 is 0 Å². The average molecular weight is 2210 g/mol. The first-order valence-electron chi connectivity index (χ1n) is 48.4. The molecule has 0 N–H and O–H groups in total. The van der Waals surface area contributed by atoms with Crippen LogP contribution in [-0.4, -0.2) is 73.0 Å². The second kappa shape index (κ2) is 39.0. The Labute approximate surface area is 882 Å². The van der Waals surface area contributed by atoms with Gasteiger partial charge in [0, 0.05) is 109 Å². The Morgan fingerprint density at radius 3 is 0.884 bits per heavy atom. The third kappa shape index (κ3) is 17.3. The highest BCUT2D eigenvalue weighted by Crippen LogP contribution is 2.44. The van der Waals surface area contributed by atoms with Crippen LogP contribution in [0.2, 0.25) is 0 Å². The summed E-state index contributed by atoms with van der Waals surface area (Å²) in [5.41, 5.74) is 25.2. The normalized spacial score (nSPS) is 11.7. The number of rotatable bonds is 10. The molecule has 0 bridgehead atoms. The zero-order chi connectivity index (χ0) is 99.0. The largest absolute Gasteiger partial charge is 0.274 e. The van der Waals surface area contributed by atoms with E-state index in [0.717, 1.165) is 168 Å². The number of pyridine rings is 5. The standard InChI is InChI=1S/3C26H16BrN3.2C24H20BrN3/c27-19-15-13-18(14-16-19)25-28-29-26-22-11-6-10-20(17-7-2-1-3-8-17)24(22)21-9-4-5-12-23(21)30(25)26;27-20-13-10-18(11-14-20)25-28-29-26-23-16-19(17-6-2-1-3-7-17)12-15-21(23)22-8-4-5-9-24(22)30(25)26;27-20-13-10-18(11-14-20)25-28-29-26-22-9-5-4-8-21(22)23-16-19(12-15-24(23)30(25)26)17-6-2-1-3-7-17;1-24(2,3)16-10-13-21-20(14-16)18-6-4-5-7-19(18)23-27-26-22(28(21)23)15-8-11-17(25)12-9-15;1-15(2)13-16-7-12-22-21(14-16)19-5-3-4-6-20(19)24-27-26-23(28(22)24)17-8-10-18(25)11-9-17/h3*1-16H;4-14H,1-3H3;3-12,14-15H,13H2,1-2H3. The highest BCUT2D eigenvalue weighted by atomic mass is 79.9. The molecule has 0 amide bonds. The summed E-state index contributed by atoms with van der Waals surface area (Å²) < 4.78 is 16.1. The molecule has 10 heterocycles. The van der Waals surface area contributed by atoms with Crippen molar-refractivity contribution in [3.63, 3.8) is 0 Å². The lowest BCUT2D eigenvalue weighted by molar-refractivity contribution is 0.591. The Hall–Kier alpha value is -15.9. The van der Waals surface area contributed by atoms with Crippen LogP contribution < -0.4 is 0 Å². The van der Waals surface area contributed by atoms with E-state index >= 15 is 0 Å². The van der Waals surface area contributed by atoms with Gasteiger partial charge in [0.25, 0.3) is 0 Å². The Balaban J connectivity index is 0.0000000979. The molecule has 146 heavy (non-hydrogen) atoms. The van der Waals surface area contributed by atoms with Crippen LogP contribution in [0.3, 0.4) is 0 Å². The van der Waals surface area contributed by atoms with E-state index in [1.54, 1.807) is 0 Å². The molecule has 15 nitrogen and oxygen atoms in total. The lowest BCUT2D eigenvalue weighted by Crippen LogP contribution is -2.11. The number of para-hydroxylation sites is 2. The Morgan fingerprint density at radius 2 is 0.486 bits per heavy atom. The quantitative estimate of drug-likeness (QED) is 0.121. The molecule has 0 unspecified atom stereocenters. The smallest absolute Gasteiger partial charge is 0.169 e. The number of hydrogen-bond donors (Lipinski definition) is 0. The lowest BCUT2D eigenvalue weighted by atomic mass is 9.86. The summed E-state index contributed by atoms with van der Waals surface area (Å²) in [6.07, 6.45) is 1.07. The van der Waals surface area contributed by atoms with E-state index in [1.165, 1.54) is 98.4 Å². The van der Waals surface area contributed by atoms with Crippen LogP contribution in [0.25, 0.3) is 227 Å². The molecule has 0 saturated heterocycles. The second-order valence-corrected chi connectivity index (χ2v) is 42.4. The summed E-state index contributed by atoms with van der Waals surface area (Å²) in [5, 5.41) is 63.5. The summed E-state index contributed by atoms with van der Waals surface area (Å²) in [4.78, 5) is 0. The van der Waals surface area contributed by atoms with Crippen LogP contribution in [0, 0.1) is 5.92 Å². The van der Waals surface area contributed by atoms with Gasteiger partial charge < -0.3 is 0 Å². The third-order valence-corrected chi connectivity index (χ3v) is 29.8. The Bertz CT molecular complexity index is 9740. The van der Waals surface area contributed by atoms with Crippen LogP contribution in [0.1, 0.15) is 45.7 Å². The van der Waals surface area contributed by atoms with Crippen molar-refractivity contribution in [3.8, 4) is 90.3 Å². The minimum absolute atomic E-state index is 0.0893. The van der Waals surface area contributed by atoms with Crippen molar-refractivity contribution in [2.24, 2.45) is 5.92 Å². The molecule has 20 heteroatoms. The maximum atomic E-state index is 4.63. The predicted molar refractivity (Wildman–Crippen MR) is 619 cm³/mol. The minimum Gasteiger partial charge on any atom is -0.274 e. The van der Waals surface area contributed by atoms with Crippen molar-refractivity contribution < 1.29 is 0 Å². The number of benzene rings is 18. The Morgan fingerprint density at radius 1 is 0.205 bits per heavy atom. The van der Waals surface area contributed by atoms with Gasteiger partial charge in [-0.3, -0.25) is 22.0 Å². The van der Waals surface area contributed by atoms with Crippen molar-refractivity contribution in [1.29, 1.82) is 0 Å². The van der Waals surface area contributed by atoms with Crippen LogP contribution in [-0.2, 0) is 11.8 Å². The van der Waals surface area contributed by atoms with E-state index in [-0.39, 0.29) is 5.41 Å². The van der Waals surface area contributed by atoms with Gasteiger partial charge in [-0.15, -0.1) is 51.0 Å². The van der Waals surface area contributed by atoms with E-state index in [4.69, 9.17) is 0 Å². The zero-order valence-corrected chi connectivity index (χ0v) is 87.7. The molecule has 0 spiro atoms. The van der Waals surface area contributed by atoms with Crippen LogP contribution >= 0.6 is 79.6 Å². The molecule has 28 rings (SSSR count). The number of aromatic nitrogens is 15. The van der Waals surface area contributed by atoms with Gasteiger partial charge in [-0.05, 0) is 199 Å². The minimum atomic E-state index is 0.0893. The first kappa shape index (κ1) is 92.5. The van der Waals surface area contributed by atoms with Gasteiger partial charge in [-0.1, -0.05) is 424 Å². The maximum absolute atomic E-state index is 4.63. The number of hydrogen-bond acceptors (Lipinski definition) is 10. The molecule has 0 saturated carbocycles. The third-order valence-electron chi connectivity index (χ3n) is 27.2. The summed E-state index contributed by atoms with van der Waals surface area (Å²) in [6, 6.07) is 148. The monoisotopic (exact) mass is 2210 g/mol. The predicted octanol–water partition coefficient (Wildman–Crippen LogP) is 34.8. The van der Waals surface area contributed by atoms with Crippen LogP contribution in [0.15, 0.2) is 447 Å². The molecule has 0 aliphatic carbocycles. The first-order valence-corrected chi connectivity index (χ1v) is 52.3. The summed E-state index contributed by atoms with van der Waals surface area (Å²) >= 11 is 17.6.